The molecule has 7 heteroatoms. The van der Waals surface area contributed by atoms with Crippen molar-refractivity contribution in [3.8, 4) is 0 Å². The van der Waals surface area contributed by atoms with E-state index in [1.54, 1.807) is 12.4 Å². The molecule has 2 amide bonds. The summed E-state index contributed by atoms with van der Waals surface area (Å²) in [5.74, 6) is -0.000756. The number of imidazole rings is 1. The molecule has 0 saturated carbocycles. The van der Waals surface area contributed by atoms with Crippen LogP contribution >= 0.6 is 0 Å². The zero-order valence-electron chi connectivity index (χ0n) is 13.3. The van der Waals surface area contributed by atoms with E-state index in [0.717, 1.165) is 11.0 Å². The van der Waals surface area contributed by atoms with E-state index in [-0.39, 0.29) is 18.6 Å². The summed E-state index contributed by atoms with van der Waals surface area (Å²) in [4.78, 5) is 33.1. The van der Waals surface area contributed by atoms with Crippen LogP contribution in [0.3, 0.4) is 0 Å². The monoisotopic (exact) mass is 328 g/mol. The average Bonchev–Trinajstić information content (AvgIpc) is 3.07. The zero-order chi connectivity index (χ0) is 16.9. The molecule has 1 saturated heterocycles. The van der Waals surface area contributed by atoms with Gasteiger partial charge in [0, 0.05) is 24.7 Å². The standard InChI is InChI=1S/C17H20N4O3/c1-2-9-24-17(23)20-13-5-7-21(8-6-13)16(22)12-3-4-14-15(10-12)19-11-18-14/h2-4,10-11,13H,1,5-9H2,(H,18,19)(H,20,23). The Hall–Kier alpha value is -2.83. The number of hydrogen-bond donors (Lipinski definition) is 2. The molecule has 0 bridgehead atoms. The number of nitrogens with one attached hydrogen (secondary N) is 2. The third-order valence-corrected chi connectivity index (χ3v) is 4.10. The normalized spacial score (nSPS) is 15.2. The quantitative estimate of drug-likeness (QED) is 0.841. The van der Waals surface area contributed by atoms with Gasteiger partial charge in [-0.1, -0.05) is 12.7 Å². The van der Waals surface area contributed by atoms with Crippen LogP contribution in [0.2, 0.25) is 0 Å². The van der Waals surface area contributed by atoms with Gasteiger partial charge in [0.05, 0.1) is 17.4 Å². The van der Waals surface area contributed by atoms with Crippen LogP contribution in [-0.2, 0) is 4.74 Å². The van der Waals surface area contributed by atoms with E-state index in [2.05, 4.69) is 21.9 Å². The zero-order valence-corrected chi connectivity index (χ0v) is 13.3. The fraction of sp³-hybridized carbons (Fsp3) is 0.353. The lowest BCUT2D eigenvalue weighted by Crippen LogP contribution is -2.46. The summed E-state index contributed by atoms with van der Waals surface area (Å²) in [6.45, 7) is 4.90. The molecule has 0 aliphatic carbocycles. The molecule has 2 N–H and O–H groups in total. The second kappa shape index (κ2) is 7.16. The van der Waals surface area contributed by atoms with E-state index in [1.807, 2.05) is 17.0 Å². The van der Waals surface area contributed by atoms with E-state index < -0.39 is 6.09 Å². The molecular weight excluding hydrogens is 308 g/mol. The van der Waals surface area contributed by atoms with Crippen LogP contribution in [0, 0.1) is 0 Å². The highest BCUT2D eigenvalue weighted by molar-refractivity contribution is 5.97. The number of piperidine rings is 1. The highest BCUT2D eigenvalue weighted by Crippen LogP contribution is 2.17. The molecule has 1 fully saturated rings. The van der Waals surface area contributed by atoms with Crippen LogP contribution in [-0.4, -0.2) is 52.6 Å². The fourth-order valence-electron chi connectivity index (χ4n) is 2.82. The number of aromatic nitrogens is 2. The highest BCUT2D eigenvalue weighted by atomic mass is 16.5. The predicted molar refractivity (Wildman–Crippen MR) is 89.7 cm³/mol. The van der Waals surface area contributed by atoms with Crippen LogP contribution in [0.1, 0.15) is 23.2 Å². The number of likely N-dealkylation sites (tertiary alicyclic amines) is 1. The first-order valence-electron chi connectivity index (χ1n) is 7.94. The Morgan fingerprint density at radius 2 is 2.21 bits per heavy atom. The number of carbonyl (C=O) groups is 2. The molecule has 3 rings (SSSR count). The Morgan fingerprint density at radius 1 is 1.42 bits per heavy atom. The summed E-state index contributed by atoms with van der Waals surface area (Å²) in [5, 5.41) is 2.81. The average molecular weight is 328 g/mol. The number of rotatable bonds is 4. The van der Waals surface area contributed by atoms with Crippen molar-refractivity contribution in [3.63, 3.8) is 0 Å². The molecule has 0 radical (unpaired) electrons. The van der Waals surface area contributed by atoms with Gasteiger partial charge in [0.1, 0.15) is 6.61 Å². The maximum Gasteiger partial charge on any atom is 0.407 e. The predicted octanol–water partition coefficient (Wildman–Crippen LogP) is 2.08. The second-order valence-electron chi connectivity index (χ2n) is 5.73. The maximum atomic E-state index is 12.6. The number of H-pyrrole nitrogens is 1. The Labute approximate surface area is 139 Å². The first-order chi connectivity index (χ1) is 11.7. The van der Waals surface area contributed by atoms with E-state index in [4.69, 9.17) is 4.74 Å². The topological polar surface area (TPSA) is 87.3 Å². The lowest BCUT2D eigenvalue weighted by molar-refractivity contribution is 0.0703. The van der Waals surface area contributed by atoms with Crippen molar-refractivity contribution in [1.82, 2.24) is 20.2 Å². The summed E-state index contributed by atoms with van der Waals surface area (Å²) in [6.07, 6.45) is 4.12. The van der Waals surface area contributed by atoms with Crippen LogP contribution in [0.25, 0.3) is 11.0 Å². The summed E-state index contributed by atoms with van der Waals surface area (Å²) >= 11 is 0. The van der Waals surface area contributed by atoms with Gasteiger partial charge in [-0.25, -0.2) is 9.78 Å². The van der Waals surface area contributed by atoms with Gasteiger partial charge in [-0.3, -0.25) is 4.79 Å². The molecule has 1 aromatic heterocycles. The number of ether oxygens (including phenoxy) is 1. The number of benzene rings is 1. The highest BCUT2D eigenvalue weighted by Gasteiger charge is 2.25. The van der Waals surface area contributed by atoms with Crippen LogP contribution in [0.4, 0.5) is 4.79 Å². The second-order valence-corrected chi connectivity index (χ2v) is 5.73. The molecule has 24 heavy (non-hydrogen) atoms. The number of fused-ring (bicyclic) bond motifs is 1. The Morgan fingerprint density at radius 3 is 2.96 bits per heavy atom. The molecule has 0 atom stereocenters. The van der Waals surface area contributed by atoms with Crippen molar-refractivity contribution >= 4 is 23.0 Å². The SMILES string of the molecule is C=CCOC(=O)NC1CCN(C(=O)c2ccc3nc[nH]c3c2)CC1. The van der Waals surface area contributed by atoms with Crippen molar-refractivity contribution < 1.29 is 14.3 Å². The molecular formula is C17H20N4O3. The van der Waals surface area contributed by atoms with Gasteiger partial charge in [-0.05, 0) is 31.0 Å². The van der Waals surface area contributed by atoms with Crippen LogP contribution in [0.5, 0.6) is 0 Å². The first kappa shape index (κ1) is 16.0. The minimum atomic E-state index is -0.440. The molecule has 1 aliphatic rings. The van der Waals surface area contributed by atoms with E-state index >= 15 is 0 Å². The minimum Gasteiger partial charge on any atom is -0.445 e. The van der Waals surface area contributed by atoms with Crippen LogP contribution < -0.4 is 5.32 Å². The van der Waals surface area contributed by atoms with Gasteiger partial charge in [-0.15, -0.1) is 0 Å². The lowest BCUT2D eigenvalue weighted by Gasteiger charge is -2.32. The van der Waals surface area contributed by atoms with Gasteiger partial charge in [0.25, 0.3) is 5.91 Å². The summed E-state index contributed by atoms with van der Waals surface area (Å²) in [5.41, 5.74) is 2.33. The lowest BCUT2D eigenvalue weighted by atomic mass is 10.0. The molecule has 2 heterocycles. The fourth-order valence-corrected chi connectivity index (χ4v) is 2.82. The van der Waals surface area contributed by atoms with Gasteiger partial charge >= 0.3 is 6.09 Å². The molecule has 7 nitrogen and oxygen atoms in total. The summed E-state index contributed by atoms with van der Waals surface area (Å²) in [6, 6.07) is 5.48. The number of amides is 2. The van der Waals surface area contributed by atoms with Crippen molar-refractivity contribution in [3.05, 3.63) is 42.7 Å². The van der Waals surface area contributed by atoms with Gasteiger partial charge in [-0.2, -0.15) is 0 Å². The van der Waals surface area contributed by atoms with Crippen molar-refractivity contribution in [2.24, 2.45) is 0 Å². The number of hydrogen-bond acceptors (Lipinski definition) is 4. The Bertz CT molecular complexity index is 747. The summed E-state index contributed by atoms with van der Waals surface area (Å²) < 4.78 is 4.91. The maximum absolute atomic E-state index is 12.6. The number of aromatic amines is 1. The number of alkyl carbamates (subject to hydrolysis) is 1. The van der Waals surface area contributed by atoms with Crippen molar-refractivity contribution in [2.45, 2.75) is 18.9 Å². The molecule has 126 valence electrons. The Kier molecular flexibility index (Phi) is 4.79. The molecule has 0 spiro atoms. The largest absolute Gasteiger partial charge is 0.445 e. The smallest absolute Gasteiger partial charge is 0.407 e. The Balaban J connectivity index is 1.55. The third-order valence-electron chi connectivity index (χ3n) is 4.10. The minimum absolute atomic E-state index is 0.000756. The van der Waals surface area contributed by atoms with E-state index in [1.165, 1.54) is 6.08 Å². The molecule has 0 unspecified atom stereocenters. The number of nitrogens with zero attached hydrogens (tertiary/aromatic N) is 2. The summed E-state index contributed by atoms with van der Waals surface area (Å²) in [7, 11) is 0. The van der Waals surface area contributed by atoms with Crippen molar-refractivity contribution in [2.75, 3.05) is 19.7 Å². The van der Waals surface area contributed by atoms with E-state index in [9.17, 15) is 9.59 Å². The molecule has 2 aromatic rings. The third kappa shape index (κ3) is 3.56. The van der Waals surface area contributed by atoms with Crippen LogP contribution in [0.15, 0.2) is 37.2 Å². The van der Waals surface area contributed by atoms with E-state index in [0.29, 0.717) is 31.5 Å². The van der Waals surface area contributed by atoms with Gasteiger partial charge < -0.3 is 19.9 Å². The molecule has 1 aromatic carbocycles. The number of carbonyl (C=O) groups excluding carboxylic acids is 2. The first-order valence-corrected chi connectivity index (χ1v) is 7.94. The van der Waals surface area contributed by atoms with Gasteiger partial charge in [0.15, 0.2) is 0 Å². The molecule has 1 aliphatic heterocycles. The van der Waals surface area contributed by atoms with Gasteiger partial charge in [0.2, 0.25) is 0 Å². The van der Waals surface area contributed by atoms with Crippen molar-refractivity contribution in [1.29, 1.82) is 0 Å².